The fourth-order valence-electron chi connectivity index (χ4n) is 4.79. The van der Waals surface area contributed by atoms with Gasteiger partial charge in [0.1, 0.15) is 11.6 Å². The quantitative estimate of drug-likeness (QED) is 0.611. The number of aromatic nitrogens is 1. The number of pyridine rings is 1. The Morgan fingerprint density at radius 2 is 1.84 bits per heavy atom. The number of carbonyl (C=O) groups excluding carboxylic acids is 1. The Balaban J connectivity index is 1.24. The summed E-state index contributed by atoms with van der Waals surface area (Å²) >= 11 is 1.79. The van der Waals surface area contributed by atoms with E-state index in [1.165, 1.54) is 27.1 Å². The number of carbonyl (C=O) groups is 1. The molecule has 0 unspecified atom stereocenters. The van der Waals surface area contributed by atoms with Crippen LogP contribution < -0.4 is 9.80 Å². The van der Waals surface area contributed by atoms with Gasteiger partial charge in [-0.2, -0.15) is 0 Å². The van der Waals surface area contributed by atoms with Crippen molar-refractivity contribution in [2.45, 2.75) is 19.8 Å². The second-order valence-electron chi connectivity index (χ2n) is 8.48. The molecule has 0 radical (unpaired) electrons. The monoisotopic (exact) mass is 438 g/mol. The summed E-state index contributed by atoms with van der Waals surface area (Å²) < 4.78 is 14.4. The van der Waals surface area contributed by atoms with Crippen molar-refractivity contribution in [2.24, 2.45) is 5.92 Å². The Kier molecular flexibility index (Phi) is 5.52. The Bertz CT molecular complexity index is 1070. The van der Waals surface area contributed by atoms with E-state index in [0.717, 1.165) is 50.5 Å². The van der Waals surface area contributed by atoms with Crippen LogP contribution in [-0.4, -0.2) is 55.1 Å². The number of fused-ring (bicyclic) bond motifs is 1. The Morgan fingerprint density at radius 3 is 2.61 bits per heavy atom. The topological polar surface area (TPSA) is 39.7 Å². The van der Waals surface area contributed by atoms with Crippen LogP contribution in [0.1, 0.15) is 17.7 Å². The van der Waals surface area contributed by atoms with Gasteiger partial charge in [0.05, 0.1) is 5.92 Å². The molecule has 2 aromatic heterocycles. The largest absolute Gasteiger partial charge is 0.368 e. The molecule has 5 nitrogen and oxygen atoms in total. The summed E-state index contributed by atoms with van der Waals surface area (Å²) in [6, 6.07) is 10.9. The number of piperidine rings is 1. The van der Waals surface area contributed by atoms with Crippen molar-refractivity contribution >= 4 is 38.8 Å². The van der Waals surface area contributed by atoms with Crippen LogP contribution in [0.3, 0.4) is 0 Å². The van der Waals surface area contributed by atoms with Crippen molar-refractivity contribution in [1.29, 1.82) is 0 Å². The molecular formula is C24H27FN4OS. The van der Waals surface area contributed by atoms with Crippen molar-refractivity contribution in [1.82, 2.24) is 9.88 Å². The average Bonchev–Trinajstić information content (AvgIpc) is 3.19. The molecule has 1 amide bonds. The lowest BCUT2D eigenvalue weighted by Gasteiger charge is -2.40. The molecule has 0 bridgehead atoms. The second kappa shape index (κ2) is 8.46. The Hall–Kier alpha value is -2.67. The van der Waals surface area contributed by atoms with Crippen LogP contribution >= 0.6 is 11.3 Å². The van der Waals surface area contributed by atoms with Crippen LogP contribution in [0.25, 0.3) is 10.1 Å². The number of benzene rings is 1. The van der Waals surface area contributed by atoms with E-state index in [-0.39, 0.29) is 17.6 Å². The maximum absolute atomic E-state index is 13.3. The van der Waals surface area contributed by atoms with Gasteiger partial charge in [-0.05, 0) is 56.2 Å². The minimum atomic E-state index is -0.220. The molecule has 31 heavy (non-hydrogen) atoms. The van der Waals surface area contributed by atoms with Gasteiger partial charge in [0, 0.05) is 66.1 Å². The minimum absolute atomic E-state index is 0.0166. The molecule has 162 valence electrons. The van der Waals surface area contributed by atoms with E-state index < -0.39 is 0 Å². The Morgan fingerprint density at radius 1 is 1.06 bits per heavy atom. The number of hydrogen-bond acceptors (Lipinski definition) is 5. The number of piperazine rings is 1. The molecule has 7 heteroatoms. The van der Waals surface area contributed by atoms with Gasteiger partial charge in [0.2, 0.25) is 5.91 Å². The van der Waals surface area contributed by atoms with Gasteiger partial charge >= 0.3 is 0 Å². The van der Waals surface area contributed by atoms with Gasteiger partial charge in [-0.3, -0.25) is 4.79 Å². The highest BCUT2D eigenvalue weighted by Gasteiger charge is 2.32. The first-order valence-electron chi connectivity index (χ1n) is 11.0. The summed E-state index contributed by atoms with van der Waals surface area (Å²) in [5.74, 6) is 1.07. The summed E-state index contributed by atoms with van der Waals surface area (Å²) in [4.78, 5) is 25.8. The molecule has 2 aliphatic heterocycles. The summed E-state index contributed by atoms with van der Waals surface area (Å²) in [6.45, 7) is 6.80. The third-order valence-corrected chi connectivity index (χ3v) is 7.42. The van der Waals surface area contributed by atoms with Crippen LogP contribution in [-0.2, 0) is 4.79 Å². The number of thiophene rings is 1. The van der Waals surface area contributed by atoms with Crippen molar-refractivity contribution in [3.63, 3.8) is 0 Å². The van der Waals surface area contributed by atoms with Crippen molar-refractivity contribution in [3.05, 3.63) is 53.3 Å². The van der Waals surface area contributed by atoms with Gasteiger partial charge in [0.25, 0.3) is 0 Å². The lowest BCUT2D eigenvalue weighted by atomic mass is 9.96. The number of halogens is 1. The first-order chi connectivity index (χ1) is 15.1. The molecule has 1 aromatic carbocycles. The fraction of sp³-hybridized carbons (Fsp3) is 0.417. The SMILES string of the molecule is Cc1cc2c(N3CCC[C@H](C(=O)N4CCN(c5ccc(F)cc5)CC4)C3)nccc2s1. The molecule has 2 saturated heterocycles. The van der Waals surface area contributed by atoms with E-state index in [4.69, 9.17) is 0 Å². The first kappa shape index (κ1) is 20.2. The van der Waals surface area contributed by atoms with E-state index in [9.17, 15) is 9.18 Å². The van der Waals surface area contributed by atoms with Crippen LogP contribution in [0.5, 0.6) is 0 Å². The summed E-state index contributed by atoms with van der Waals surface area (Å²) in [6.07, 6.45) is 3.83. The lowest BCUT2D eigenvalue weighted by molar-refractivity contribution is -0.136. The number of nitrogens with zero attached hydrogens (tertiary/aromatic N) is 4. The van der Waals surface area contributed by atoms with Crippen molar-refractivity contribution in [2.75, 3.05) is 49.1 Å². The second-order valence-corrected chi connectivity index (χ2v) is 9.77. The molecular weight excluding hydrogens is 411 g/mol. The van der Waals surface area contributed by atoms with Gasteiger partial charge in [-0.25, -0.2) is 9.37 Å². The minimum Gasteiger partial charge on any atom is -0.368 e. The van der Waals surface area contributed by atoms with Crippen LogP contribution in [0.2, 0.25) is 0 Å². The number of amides is 1. The zero-order valence-corrected chi connectivity index (χ0v) is 18.6. The van der Waals surface area contributed by atoms with E-state index in [1.54, 1.807) is 11.3 Å². The summed E-state index contributed by atoms with van der Waals surface area (Å²) in [5, 5.41) is 1.20. The van der Waals surface area contributed by atoms with Crippen molar-refractivity contribution < 1.29 is 9.18 Å². The Labute approximate surface area is 186 Å². The highest BCUT2D eigenvalue weighted by atomic mass is 32.1. The van der Waals surface area contributed by atoms with Gasteiger partial charge < -0.3 is 14.7 Å². The van der Waals surface area contributed by atoms with Crippen LogP contribution in [0.15, 0.2) is 42.6 Å². The standard InChI is InChI=1S/C24H27FN4OS/c1-17-15-21-22(31-17)8-9-26-23(21)29-10-2-3-18(16-29)24(30)28-13-11-27(12-14-28)20-6-4-19(25)5-7-20/h4-9,15,18H,2-3,10-14,16H2,1H3/t18-/m0/s1. The van der Waals surface area contributed by atoms with Crippen molar-refractivity contribution in [3.8, 4) is 0 Å². The molecule has 3 aromatic rings. The predicted molar refractivity (Wildman–Crippen MR) is 124 cm³/mol. The molecule has 0 spiro atoms. The lowest BCUT2D eigenvalue weighted by Crippen LogP contribution is -2.52. The van der Waals surface area contributed by atoms with E-state index in [2.05, 4.69) is 33.8 Å². The fourth-order valence-corrected chi connectivity index (χ4v) is 5.71. The smallest absolute Gasteiger partial charge is 0.227 e. The van der Waals surface area contributed by atoms with E-state index in [0.29, 0.717) is 13.1 Å². The number of aryl methyl sites for hydroxylation is 1. The highest BCUT2D eigenvalue weighted by molar-refractivity contribution is 7.19. The maximum atomic E-state index is 13.3. The van der Waals surface area contributed by atoms with Gasteiger partial charge in [-0.1, -0.05) is 0 Å². The third-order valence-electron chi connectivity index (χ3n) is 6.40. The van der Waals surface area contributed by atoms with E-state index >= 15 is 0 Å². The zero-order valence-electron chi connectivity index (χ0n) is 17.8. The number of rotatable bonds is 3. The normalized spacial score (nSPS) is 19.8. The molecule has 2 aliphatic rings. The molecule has 5 rings (SSSR count). The molecule has 0 N–H and O–H groups in total. The highest BCUT2D eigenvalue weighted by Crippen LogP contribution is 2.33. The maximum Gasteiger partial charge on any atom is 0.227 e. The van der Waals surface area contributed by atoms with E-state index in [1.807, 2.05) is 23.2 Å². The first-order valence-corrected chi connectivity index (χ1v) is 11.8. The molecule has 4 heterocycles. The van der Waals surface area contributed by atoms with Crippen LogP contribution in [0, 0.1) is 18.7 Å². The predicted octanol–water partition coefficient (Wildman–Crippen LogP) is 4.31. The van der Waals surface area contributed by atoms with Crippen LogP contribution in [0.4, 0.5) is 15.9 Å². The molecule has 0 saturated carbocycles. The summed E-state index contributed by atoms with van der Waals surface area (Å²) in [5.41, 5.74) is 1.02. The molecule has 1 atom stereocenters. The summed E-state index contributed by atoms with van der Waals surface area (Å²) in [7, 11) is 0. The third kappa shape index (κ3) is 4.11. The number of hydrogen-bond donors (Lipinski definition) is 0. The molecule has 0 aliphatic carbocycles. The number of anilines is 2. The average molecular weight is 439 g/mol. The molecule has 2 fully saturated rings. The van der Waals surface area contributed by atoms with Gasteiger partial charge in [-0.15, -0.1) is 11.3 Å². The zero-order chi connectivity index (χ0) is 21.4. The van der Waals surface area contributed by atoms with Gasteiger partial charge in [0.15, 0.2) is 0 Å².